The van der Waals surface area contributed by atoms with Crippen molar-refractivity contribution in [2.75, 3.05) is 26.9 Å². The number of nitrogens with zero attached hydrogens (tertiary/aromatic N) is 2. The van der Waals surface area contributed by atoms with Gasteiger partial charge in [-0.15, -0.1) is 0 Å². The van der Waals surface area contributed by atoms with Gasteiger partial charge in [0.25, 0.3) is 0 Å². The molecule has 0 bridgehead atoms. The highest BCUT2D eigenvalue weighted by atomic mass is 16.5. The summed E-state index contributed by atoms with van der Waals surface area (Å²) in [5.74, 6) is 1.84. The molecule has 0 amide bonds. The molecule has 1 aromatic heterocycles. The van der Waals surface area contributed by atoms with E-state index in [-0.39, 0.29) is 6.04 Å². The van der Waals surface area contributed by atoms with Crippen molar-refractivity contribution in [1.29, 1.82) is 0 Å². The van der Waals surface area contributed by atoms with E-state index in [4.69, 9.17) is 9.47 Å². The molecule has 0 saturated heterocycles. The van der Waals surface area contributed by atoms with Gasteiger partial charge in [0.2, 0.25) is 0 Å². The van der Waals surface area contributed by atoms with Gasteiger partial charge in [-0.2, -0.15) is 0 Å². The summed E-state index contributed by atoms with van der Waals surface area (Å²) < 4.78 is 12.9. The van der Waals surface area contributed by atoms with Crippen LogP contribution in [0.4, 0.5) is 0 Å². The zero-order chi connectivity index (χ0) is 15.1. The van der Waals surface area contributed by atoms with Gasteiger partial charge in [0.15, 0.2) is 0 Å². The van der Waals surface area contributed by atoms with E-state index < -0.39 is 0 Å². The molecule has 0 spiro atoms. The first-order chi connectivity index (χ1) is 10.3. The van der Waals surface area contributed by atoms with E-state index in [0.29, 0.717) is 13.2 Å². The lowest BCUT2D eigenvalue weighted by Crippen LogP contribution is -2.25. The molecule has 1 aromatic carbocycles. The third-order valence-electron chi connectivity index (χ3n) is 3.30. The molecule has 2 aromatic rings. The van der Waals surface area contributed by atoms with Crippen LogP contribution in [0.1, 0.15) is 24.4 Å². The van der Waals surface area contributed by atoms with E-state index >= 15 is 0 Å². The summed E-state index contributed by atoms with van der Waals surface area (Å²) in [4.78, 5) is 4.47. The zero-order valence-corrected chi connectivity index (χ0v) is 12.9. The van der Waals surface area contributed by atoms with Crippen LogP contribution in [0.5, 0.6) is 5.75 Å². The molecule has 21 heavy (non-hydrogen) atoms. The molecule has 1 N–H and O–H groups in total. The van der Waals surface area contributed by atoms with Crippen molar-refractivity contribution in [3.8, 4) is 5.75 Å². The molecule has 114 valence electrons. The molecule has 0 radical (unpaired) electrons. The van der Waals surface area contributed by atoms with E-state index in [2.05, 4.69) is 23.3 Å². The second kappa shape index (κ2) is 7.81. The Bertz CT molecular complexity index is 554. The van der Waals surface area contributed by atoms with Gasteiger partial charge in [-0.25, -0.2) is 4.98 Å². The first-order valence-corrected chi connectivity index (χ1v) is 7.19. The molecule has 5 nitrogen and oxygen atoms in total. The average molecular weight is 289 g/mol. The molecule has 0 aliphatic rings. The predicted octanol–water partition coefficient (Wildman–Crippen LogP) is 2.14. The van der Waals surface area contributed by atoms with Crippen molar-refractivity contribution < 1.29 is 9.47 Å². The smallest absolute Gasteiger partial charge is 0.130 e. The van der Waals surface area contributed by atoms with Crippen LogP contribution >= 0.6 is 0 Å². The number of methoxy groups -OCH3 is 1. The number of para-hydroxylation sites is 1. The van der Waals surface area contributed by atoms with E-state index in [1.807, 2.05) is 42.2 Å². The Balaban J connectivity index is 2.30. The Hall–Kier alpha value is -1.85. The van der Waals surface area contributed by atoms with Gasteiger partial charge in [-0.3, -0.25) is 0 Å². The Morgan fingerprint density at radius 3 is 2.76 bits per heavy atom. The second-order valence-electron chi connectivity index (χ2n) is 4.77. The van der Waals surface area contributed by atoms with Crippen molar-refractivity contribution in [2.45, 2.75) is 13.0 Å². The Kier molecular flexibility index (Phi) is 5.78. The van der Waals surface area contributed by atoms with Gasteiger partial charge < -0.3 is 19.4 Å². The molecule has 2 rings (SSSR count). The van der Waals surface area contributed by atoms with Crippen LogP contribution in [0, 0.1) is 0 Å². The average Bonchev–Trinajstić information content (AvgIpc) is 2.92. The fourth-order valence-electron chi connectivity index (χ4n) is 2.29. The monoisotopic (exact) mass is 289 g/mol. The van der Waals surface area contributed by atoms with E-state index in [1.54, 1.807) is 7.11 Å². The number of imidazole rings is 1. The fourth-order valence-corrected chi connectivity index (χ4v) is 2.29. The number of ether oxygens (including phenoxy) is 2. The van der Waals surface area contributed by atoms with Crippen LogP contribution in [0.15, 0.2) is 36.7 Å². The lowest BCUT2D eigenvalue weighted by atomic mass is 10.0. The summed E-state index contributed by atoms with van der Waals surface area (Å²) in [5.41, 5.74) is 1.09. The summed E-state index contributed by atoms with van der Waals surface area (Å²) in [6, 6.07) is 8.06. The first kappa shape index (κ1) is 15.5. The highest BCUT2D eigenvalue weighted by Gasteiger charge is 2.20. The summed E-state index contributed by atoms with van der Waals surface area (Å²) in [6.45, 7) is 4.05. The Morgan fingerprint density at radius 1 is 1.29 bits per heavy atom. The SMILES string of the molecule is CCNC(c1ccccc1OCCOC)c1nccn1C. The number of benzene rings is 1. The van der Waals surface area contributed by atoms with Gasteiger partial charge in [0.1, 0.15) is 18.2 Å². The maximum atomic E-state index is 5.84. The zero-order valence-electron chi connectivity index (χ0n) is 12.9. The van der Waals surface area contributed by atoms with Crippen LogP contribution in [-0.4, -0.2) is 36.4 Å². The number of hydrogen-bond acceptors (Lipinski definition) is 4. The minimum atomic E-state index is 0.00810. The summed E-state index contributed by atoms with van der Waals surface area (Å²) in [6.07, 6.45) is 3.77. The van der Waals surface area contributed by atoms with Crippen LogP contribution in [0.3, 0.4) is 0 Å². The van der Waals surface area contributed by atoms with Gasteiger partial charge in [-0.1, -0.05) is 25.1 Å². The summed E-state index contributed by atoms with van der Waals surface area (Å²) >= 11 is 0. The standard InChI is InChI=1S/C16H23N3O2/c1-4-17-15(16-18-9-10-19(16)2)13-7-5-6-8-14(13)21-12-11-20-3/h5-10,15,17H,4,11-12H2,1-3H3. The molecule has 0 aliphatic heterocycles. The molecule has 0 fully saturated rings. The fraction of sp³-hybridized carbons (Fsp3) is 0.438. The maximum Gasteiger partial charge on any atom is 0.130 e. The quantitative estimate of drug-likeness (QED) is 0.756. The topological polar surface area (TPSA) is 48.3 Å². The van der Waals surface area contributed by atoms with Crippen molar-refractivity contribution in [3.05, 3.63) is 48.0 Å². The number of nitrogens with one attached hydrogen (secondary N) is 1. The lowest BCUT2D eigenvalue weighted by Gasteiger charge is -2.21. The van der Waals surface area contributed by atoms with E-state index in [9.17, 15) is 0 Å². The molecule has 5 heteroatoms. The van der Waals surface area contributed by atoms with Crippen molar-refractivity contribution in [1.82, 2.24) is 14.9 Å². The first-order valence-electron chi connectivity index (χ1n) is 7.19. The molecular formula is C16H23N3O2. The van der Waals surface area contributed by atoms with Gasteiger partial charge >= 0.3 is 0 Å². The molecule has 1 unspecified atom stereocenters. The Labute approximate surface area is 125 Å². The van der Waals surface area contributed by atoms with Gasteiger partial charge in [0.05, 0.1) is 12.6 Å². The summed E-state index contributed by atoms with van der Waals surface area (Å²) in [5, 5.41) is 3.48. The van der Waals surface area contributed by atoms with Crippen LogP contribution in [0.25, 0.3) is 0 Å². The van der Waals surface area contributed by atoms with Crippen LogP contribution in [0.2, 0.25) is 0 Å². The van der Waals surface area contributed by atoms with Crippen molar-refractivity contribution >= 4 is 0 Å². The largest absolute Gasteiger partial charge is 0.491 e. The molecule has 1 atom stereocenters. The highest BCUT2D eigenvalue weighted by Crippen LogP contribution is 2.29. The van der Waals surface area contributed by atoms with E-state index in [1.165, 1.54) is 0 Å². The molecule has 0 aliphatic carbocycles. The minimum absolute atomic E-state index is 0.00810. The number of rotatable bonds is 8. The highest BCUT2D eigenvalue weighted by molar-refractivity contribution is 5.39. The number of hydrogen-bond donors (Lipinski definition) is 1. The molecule has 0 saturated carbocycles. The van der Waals surface area contributed by atoms with Gasteiger partial charge in [0, 0.05) is 32.1 Å². The van der Waals surface area contributed by atoms with E-state index in [0.717, 1.165) is 23.7 Å². The molecule has 1 heterocycles. The number of aryl methyl sites for hydroxylation is 1. The number of aromatic nitrogens is 2. The lowest BCUT2D eigenvalue weighted by molar-refractivity contribution is 0.145. The minimum Gasteiger partial charge on any atom is -0.491 e. The second-order valence-corrected chi connectivity index (χ2v) is 4.77. The maximum absolute atomic E-state index is 5.84. The van der Waals surface area contributed by atoms with Crippen molar-refractivity contribution in [3.63, 3.8) is 0 Å². The van der Waals surface area contributed by atoms with Crippen LogP contribution < -0.4 is 10.1 Å². The van der Waals surface area contributed by atoms with Gasteiger partial charge in [-0.05, 0) is 12.6 Å². The Morgan fingerprint density at radius 2 is 2.10 bits per heavy atom. The predicted molar refractivity (Wildman–Crippen MR) is 82.5 cm³/mol. The van der Waals surface area contributed by atoms with Crippen molar-refractivity contribution in [2.24, 2.45) is 7.05 Å². The third-order valence-corrected chi connectivity index (χ3v) is 3.30. The summed E-state index contributed by atoms with van der Waals surface area (Å²) in [7, 11) is 3.67. The normalized spacial score (nSPS) is 12.3. The van der Waals surface area contributed by atoms with Crippen LogP contribution in [-0.2, 0) is 11.8 Å². The molecular weight excluding hydrogens is 266 g/mol. The third kappa shape index (κ3) is 3.83.